The number of anilines is 1. The van der Waals surface area contributed by atoms with Gasteiger partial charge >= 0.3 is 0 Å². The number of alkyl halides is 1. The zero-order chi connectivity index (χ0) is 34.5. The molecule has 2 atom stereocenters. The second kappa shape index (κ2) is 15.4. The smallest absolute Gasteiger partial charge is 0.0911 e. The van der Waals surface area contributed by atoms with E-state index in [0.29, 0.717) is 11.9 Å². The average Bonchev–Trinajstić information content (AvgIpc) is 3.90. The van der Waals surface area contributed by atoms with E-state index >= 15 is 0 Å². The number of fused-ring (bicyclic) bond motifs is 2. The van der Waals surface area contributed by atoms with E-state index in [9.17, 15) is 0 Å². The number of aromatic amines is 1. The summed E-state index contributed by atoms with van der Waals surface area (Å²) in [5.74, 6) is 0.594. The summed E-state index contributed by atoms with van der Waals surface area (Å²) in [6, 6.07) is 33.4. The largest absolute Gasteiger partial charge is 0.373 e. The molecule has 1 aliphatic heterocycles. The lowest BCUT2D eigenvalue weighted by molar-refractivity contribution is 0.568. The Morgan fingerprint density at radius 2 is 1.40 bits per heavy atom. The molecule has 10 heteroatoms. The van der Waals surface area contributed by atoms with E-state index in [0.717, 1.165) is 57.0 Å². The van der Waals surface area contributed by atoms with E-state index in [1.807, 2.05) is 55.0 Å². The highest BCUT2D eigenvalue weighted by Gasteiger charge is 2.23. The molecule has 2 aromatic carbocycles. The molecule has 7 nitrogen and oxygen atoms in total. The van der Waals surface area contributed by atoms with Gasteiger partial charge in [-0.05, 0) is 60.4 Å². The number of halogens is 3. The lowest BCUT2D eigenvalue weighted by atomic mass is 10.0. The van der Waals surface area contributed by atoms with Gasteiger partial charge in [-0.1, -0.05) is 83.9 Å². The number of pyridine rings is 3. The monoisotopic (exact) mass is 719 g/mol. The fourth-order valence-electron chi connectivity index (χ4n) is 6.70. The topological polar surface area (TPSA) is 67.6 Å². The molecule has 1 aliphatic rings. The molecule has 0 bridgehead atoms. The van der Waals surface area contributed by atoms with Crippen molar-refractivity contribution in [2.75, 3.05) is 24.4 Å². The molecule has 0 fully saturated rings. The minimum Gasteiger partial charge on any atom is -0.373 e. The van der Waals surface area contributed by atoms with Crippen LogP contribution in [-0.4, -0.2) is 48.5 Å². The highest BCUT2D eigenvalue weighted by Crippen LogP contribution is 2.36. The molecule has 0 aliphatic carbocycles. The third-order valence-corrected chi connectivity index (χ3v) is 9.95. The van der Waals surface area contributed by atoms with Crippen LogP contribution < -0.4 is 4.90 Å². The number of benzene rings is 2. The van der Waals surface area contributed by atoms with Crippen LogP contribution >= 0.6 is 34.8 Å². The number of hydrogen-bond donors (Lipinski definition) is 1. The van der Waals surface area contributed by atoms with E-state index < -0.39 is 0 Å². The van der Waals surface area contributed by atoms with Gasteiger partial charge in [0.25, 0.3) is 0 Å². The third-order valence-electron chi connectivity index (χ3n) is 9.11. The van der Waals surface area contributed by atoms with E-state index in [2.05, 4.69) is 102 Å². The Balaban J connectivity index is 0.000000124. The van der Waals surface area contributed by atoms with Gasteiger partial charge in [0.1, 0.15) is 0 Å². The van der Waals surface area contributed by atoms with Gasteiger partial charge in [-0.25, -0.2) is 0 Å². The van der Waals surface area contributed by atoms with Gasteiger partial charge in [0.2, 0.25) is 0 Å². The molecule has 0 spiro atoms. The number of hydrogen-bond acceptors (Lipinski definition) is 4. The summed E-state index contributed by atoms with van der Waals surface area (Å²) in [6.45, 7) is 1.06. The molecular weight excluding hydrogens is 685 g/mol. The predicted molar refractivity (Wildman–Crippen MR) is 208 cm³/mol. The molecule has 50 heavy (non-hydrogen) atoms. The SMILES string of the molecule is CN1CC[C@@H](c2ccccc2)n2ccc3nccc1c32.ClCC[C@@H](c1ccccc1)n1ccc2nccc(Cl)c21.Clc1ccnc2cc[nH]c12. The number of nitrogens with zero attached hydrogens (tertiary/aromatic N) is 6. The zero-order valence-corrected chi connectivity index (χ0v) is 29.8. The van der Waals surface area contributed by atoms with Crippen molar-refractivity contribution >= 4 is 73.6 Å². The van der Waals surface area contributed by atoms with Gasteiger partial charge < -0.3 is 19.0 Å². The molecule has 0 amide bonds. The van der Waals surface area contributed by atoms with Gasteiger partial charge in [0.05, 0.1) is 60.9 Å². The van der Waals surface area contributed by atoms with Crippen molar-refractivity contribution in [1.29, 1.82) is 0 Å². The summed E-state index contributed by atoms with van der Waals surface area (Å²) in [5, 5.41) is 1.44. The molecule has 0 saturated heterocycles. The van der Waals surface area contributed by atoms with Gasteiger partial charge in [0, 0.05) is 56.7 Å². The first kappa shape index (κ1) is 33.7. The van der Waals surface area contributed by atoms with Crippen molar-refractivity contribution in [1.82, 2.24) is 29.1 Å². The third kappa shape index (κ3) is 6.94. The molecule has 1 N–H and O–H groups in total. The van der Waals surface area contributed by atoms with Crippen molar-refractivity contribution in [3.63, 3.8) is 0 Å². The summed E-state index contributed by atoms with van der Waals surface area (Å²) >= 11 is 18.2. The van der Waals surface area contributed by atoms with Crippen molar-refractivity contribution < 1.29 is 0 Å². The lowest BCUT2D eigenvalue weighted by Gasteiger charge is -2.20. The standard InChI is InChI=1S/C17H17N3.C16H14Cl2N2.C7H5ClN2/c1-19-11-9-15(13-5-3-2-4-6-13)20-12-8-14-17(20)16(19)7-10-18-14;17-9-6-15(12-4-2-1-3-5-12)20-11-8-14-16(20)13(18)7-10-19-14;8-5-1-3-9-6-2-4-10-7(5)6/h2-8,10,12,15H,9,11H2,1H3;1-5,7-8,10-11,15H,6,9H2;1-4,10H/t2*15-;/m00./s1. The Morgan fingerprint density at radius 1 is 0.740 bits per heavy atom. The van der Waals surface area contributed by atoms with Crippen LogP contribution in [0.3, 0.4) is 0 Å². The van der Waals surface area contributed by atoms with Gasteiger partial charge in [0.15, 0.2) is 0 Å². The minimum absolute atomic E-state index is 0.174. The zero-order valence-electron chi connectivity index (χ0n) is 27.5. The van der Waals surface area contributed by atoms with Crippen molar-refractivity contribution in [2.24, 2.45) is 0 Å². The van der Waals surface area contributed by atoms with Crippen molar-refractivity contribution in [3.8, 4) is 0 Å². The van der Waals surface area contributed by atoms with Crippen LogP contribution in [-0.2, 0) is 0 Å². The Kier molecular flexibility index (Phi) is 10.4. The normalized spacial score (nSPS) is 14.5. The van der Waals surface area contributed by atoms with Crippen LogP contribution in [0.25, 0.3) is 33.1 Å². The summed E-state index contributed by atoms with van der Waals surface area (Å²) in [7, 11) is 2.17. The highest BCUT2D eigenvalue weighted by molar-refractivity contribution is 6.35. The number of rotatable bonds is 5. The van der Waals surface area contributed by atoms with E-state index in [4.69, 9.17) is 34.8 Å². The summed E-state index contributed by atoms with van der Waals surface area (Å²) in [5.41, 5.74) is 9.90. The molecule has 0 unspecified atom stereocenters. The molecule has 0 saturated carbocycles. The molecule has 6 aromatic heterocycles. The Morgan fingerprint density at radius 3 is 2.14 bits per heavy atom. The lowest BCUT2D eigenvalue weighted by Crippen LogP contribution is -2.19. The first-order valence-electron chi connectivity index (χ1n) is 16.5. The van der Waals surface area contributed by atoms with Crippen molar-refractivity contribution in [3.05, 3.63) is 155 Å². The van der Waals surface area contributed by atoms with Gasteiger partial charge in [-0.2, -0.15) is 0 Å². The predicted octanol–water partition coefficient (Wildman–Crippen LogP) is 10.6. The van der Waals surface area contributed by atoms with Crippen LogP contribution in [0, 0.1) is 0 Å². The van der Waals surface area contributed by atoms with Crippen LogP contribution in [0.15, 0.2) is 134 Å². The first-order chi connectivity index (χ1) is 24.5. The number of nitrogens with one attached hydrogen (secondary N) is 1. The highest BCUT2D eigenvalue weighted by atomic mass is 35.5. The van der Waals surface area contributed by atoms with E-state index in [-0.39, 0.29) is 6.04 Å². The fourth-order valence-corrected chi connectivity index (χ4v) is 7.36. The van der Waals surface area contributed by atoms with Crippen LogP contribution in [0.5, 0.6) is 0 Å². The number of H-pyrrole nitrogens is 1. The van der Waals surface area contributed by atoms with Gasteiger partial charge in [-0.3, -0.25) is 15.0 Å². The van der Waals surface area contributed by atoms with Crippen LogP contribution in [0.4, 0.5) is 5.69 Å². The molecule has 9 rings (SSSR count). The van der Waals surface area contributed by atoms with E-state index in [1.165, 1.54) is 22.3 Å². The van der Waals surface area contributed by atoms with Crippen LogP contribution in [0.2, 0.25) is 10.0 Å². The Hall–Kier alpha value is -4.82. The Labute approximate surface area is 306 Å². The minimum atomic E-state index is 0.174. The van der Waals surface area contributed by atoms with Crippen LogP contribution in [0.1, 0.15) is 36.1 Å². The quantitative estimate of drug-likeness (QED) is 0.180. The maximum absolute atomic E-state index is 6.34. The van der Waals surface area contributed by atoms with Crippen molar-refractivity contribution in [2.45, 2.75) is 24.9 Å². The summed E-state index contributed by atoms with van der Waals surface area (Å²) in [6.07, 6.45) is 13.3. The van der Waals surface area contributed by atoms with E-state index in [1.54, 1.807) is 18.5 Å². The Bertz CT molecular complexity index is 2310. The molecule has 0 radical (unpaired) electrons. The maximum atomic E-state index is 6.34. The summed E-state index contributed by atoms with van der Waals surface area (Å²) < 4.78 is 4.55. The maximum Gasteiger partial charge on any atom is 0.0911 e. The molecule has 8 aromatic rings. The fraction of sp³-hybridized carbons (Fsp3) is 0.175. The summed E-state index contributed by atoms with van der Waals surface area (Å²) in [4.78, 5) is 18.3. The average molecular weight is 721 g/mol. The second-order valence-corrected chi connectivity index (χ2v) is 13.3. The number of aromatic nitrogens is 6. The molecule has 7 heterocycles. The molecular formula is C40H36Cl3N7. The second-order valence-electron chi connectivity index (χ2n) is 12.1. The first-order valence-corrected chi connectivity index (χ1v) is 17.8. The molecule has 252 valence electrons. The van der Waals surface area contributed by atoms with Gasteiger partial charge in [-0.15, -0.1) is 11.6 Å².